The highest BCUT2D eigenvalue weighted by Crippen LogP contribution is 2.23. The summed E-state index contributed by atoms with van der Waals surface area (Å²) in [5, 5.41) is 2.81. The van der Waals surface area contributed by atoms with Crippen LogP contribution < -0.4 is 19.1 Å². The second kappa shape index (κ2) is 10.9. The Labute approximate surface area is 195 Å². The molecule has 0 saturated carbocycles. The number of amides is 1. The number of para-hydroxylation sites is 1. The van der Waals surface area contributed by atoms with Crippen LogP contribution in [0.2, 0.25) is 0 Å². The quantitative estimate of drug-likeness (QED) is 0.490. The van der Waals surface area contributed by atoms with Crippen LogP contribution in [0.15, 0.2) is 83.8 Å². The maximum Gasteiger partial charge on any atom is 0.264 e. The van der Waals surface area contributed by atoms with Crippen LogP contribution in [0.5, 0.6) is 11.5 Å². The van der Waals surface area contributed by atoms with E-state index in [0.717, 1.165) is 15.6 Å². The number of carbonyl (C=O) groups excluding carboxylic acids is 1. The van der Waals surface area contributed by atoms with Gasteiger partial charge in [-0.3, -0.25) is 9.10 Å². The molecule has 174 valence electrons. The smallest absolute Gasteiger partial charge is 0.264 e. The van der Waals surface area contributed by atoms with Crippen molar-refractivity contribution in [2.75, 3.05) is 24.6 Å². The molecule has 0 aliphatic carbocycles. The fourth-order valence-electron chi connectivity index (χ4n) is 3.13. The number of sulfonamides is 1. The van der Waals surface area contributed by atoms with E-state index in [-0.39, 0.29) is 24.1 Å². The Balaban J connectivity index is 1.69. The zero-order valence-corrected chi connectivity index (χ0v) is 19.7. The number of nitrogens with one attached hydrogen (secondary N) is 1. The van der Waals surface area contributed by atoms with Gasteiger partial charge in [0.25, 0.3) is 10.0 Å². The van der Waals surface area contributed by atoms with Gasteiger partial charge in [-0.05, 0) is 62.4 Å². The Morgan fingerprint density at radius 3 is 2.15 bits per heavy atom. The van der Waals surface area contributed by atoms with Gasteiger partial charge in [-0.25, -0.2) is 8.42 Å². The first kappa shape index (κ1) is 24.1. The van der Waals surface area contributed by atoms with Crippen LogP contribution in [-0.2, 0) is 14.8 Å². The lowest BCUT2D eigenvalue weighted by molar-refractivity contribution is -0.120. The molecular weight excluding hydrogens is 440 g/mol. The standard InChI is InChI=1S/C25H28N2O5S/c1-19-9-15-24(16-10-19)33(29,30)27(21-7-5-4-6-8-21)17-25(28)26-20(2)18-32-23-13-11-22(31-3)12-14-23/h4-16,20H,17-18H2,1-3H3,(H,26,28). The molecule has 1 atom stereocenters. The topological polar surface area (TPSA) is 84.9 Å². The van der Waals surface area contributed by atoms with Crippen LogP contribution in [0.25, 0.3) is 0 Å². The van der Waals surface area contributed by atoms with Crippen molar-refractivity contribution in [3.8, 4) is 11.5 Å². The number of hydrogen-bond donors (Lipinski definition) is 1. The molecule has 33 heavy (non-hydrogen) atoms. The van der Waals surface area contributed by atoms with E-state index in [1.54, 1.807) is 92.9 Å². The zero-order valence-electron chi connectivity index (χ0n) is 18.9. The first-order valence-corrected chi connectivity index (χ1v) is 11.9. The third-order valence-electron chi connectivity index (χ3n) is 4.91. The van der Waals surface area contributed by atoms with Gasteiger partial charge in [0.2, 0.25) is 5.91 Å². The molecule has 0 aliphatic rings. The molecule has 0 aliphatic heterocycles. The van der Waals surface area contributed by atoms with E-state index >= 15 is 0 Å². The molecule has 1 amide bonds. The molecule has 0 saturated heterocycles. The van der Waals surface area contributed by atoms with Gasteiger partial charge in [0.05, 0.1) is 23.7 Å². The summed E-state index contributed by atoms with van der Waals surface area (Å²) in [6.07, 6.45) is 0. The number of carbonyl (C=O) groups is 1. The number of anilines is 1. The fraction of sp³-hybridized carbons (Fsp3) is 0.240. The van der Waals surface area contributed by atoms with Crippen molar-refractivity contribution >= 4 is 21.6 Å². The Kier molecular flexibility index (Phi) is 7.95. The first-order valence-electron chi connectivity index (χ1n) is 10.5. The van der Waals surface area contributed by atoms with Crippen LogP contribution in [0, 0.1) is 6.92 Å². The van der Waals surface area contributed by atoms with Crippen molar-refractivity contribution < 1.29 is 22.7 Å². The van der Waals surface area contributed by atoms with Gasteiger partial charge < -0.3 is 14.8 Å². The van der Waals surface area contributed by atoms with E-state index in [4.69, 9.17) is 9.47 Å². The van der Waals surface area contributed by atoms with Crippen LogP contribution in [0.4, 0.5) is 5.69 Å². The fourth-order valence-corrected chi connectivity index (χ4v) is 4.55. The highest BCUT2D eigenvalue weighted by Gasteiger charge is 2.27. The van der Waals surface area contributed by atoms with E-state index in [9.17, 15) is 13.2 Å². The van der Waals surface area contributed by atoms with Crippen molar-refractivity contribution in [2.45, 2.75) is 24.8 Å². The van der Waals surface area contributed by atoms with Gasteiger partial charge >= 0.3 is 0 Å². The molecule has 1 N–H and O–H groups in total. The molecule has 3 aromatic rings. The van der Waals surface area contributed by atoms with E-state index in [0.29, 0.717) is 11.4 Å². The average Bonchev–Trinajstić information content (AvgIpc) is 2.82. The maximum absolute atomic E-state index is 13.3. The maximum atomic E-state index is 13.3. The summed E-state index contributed by atoms with van der Waals surface area (Å²) in [4.78, 5) is 12.9. The molecule has 0 spiro atoms. The molecule has 0 radical (unpaired) electrons. The molecule has 3 aromatic carbocycles. The molecule has 7 nitrogen and oxygen atoms in total. The van der Waals surface area contributed by atoms with Crippen molar-refractivity contribution in [3.05, 3.63) is 84.4 Å². The number of ether oxygens (including phenoxy) is 2. The van der Waals surface area contributed by atoms with E-state index < -0.39 is 15.9 Å². The monoisotopic (exact) mass is 468 g/mol. The predicted octanol–water partition coefficient (Wildman–Crippen LogP) is 3.78. The number of rotatable bonds is 10. The number of benzene rings is 3. The minimum atomic E-state index is -3.93. The van der Waals surface area contributed by atoms with Gasteiger partial charge in [0, 0.05) is 0 Å². The molecule has 1 unspecified atom stereocenters. The number of aryl methyl sites for hydroxylation is 1. The van der Waals surface area contributed by atoms with Crippen LogP contribution >= 0.6 is 0 Å². The summed E-state index contributed by atoms with van der Waals surface area (Å²) in [6.45, 7) is 3.55. The highest BCUT2D eigenvalue weighted by molar-refractivity contribution is 7.92. The second-order valence-electron chi connectivity index (χ2n) is 7.62. The lowest BCUT2D eigenvalue weighted by atomic mass is 10.2. The average molecular weight is 469 g/mol. The lowest BCUT2D eigenvalue weighted by Crippen LogP contribution is -2.45. The van der Waals surface area contributed by atoms with Crippen LogP contribution in [0.3, 0.4) is 0 Å². The van der Waals surface area contributed by atoms with Crippen LogP contribution in [0.1, 0.15) is 12.5 Å². The molecular formula is C25H28N2O5S. The Bertz CT molecular complexity index is 1150. The number of methoxy groups -OCH3 is 1. The van der Waals surface area contributed by atoms with Gasteiger partial charge in [0.1, 0.15) is 24.7 Å². The summed E-state index contributed by atoms with van der Waals surface area (Å²) in [5.41, 5.74) is 1.36. The highest BCUT2D eigenvalue weighted by atomic mass is 32.2. The molecule has 0 fully saturated rings. The van der Waals surface area contributed by atoms with Gasteiger partial charge in [-0.15, -0.1) is 0 Å². The van der Waals surface area contributed by atoms with E-state index in [1.807, 2.05) is 6.92 Å². The van der Waals surface area contributed by atoms with Gasteiger partial charge in [0.15, 0.2) is 0 Å². The molecule has 0 heterocycles. The molecule has 3 rings (SSSR count). The van der Waals surface area contributed by atoms with Gasteiger partial charge in [-0.1, -0.05) is 35.9 Å². The minimum Gasteiger partial charge on any atom is -0.497 e. The van der Waals surface area contributed by atoms with Gasteiger partial charge in [-0.2, -0.15) is 0 Å². The Hall–Kier alpha value is -3.52. The summed E-state index contributed by atoms with van der Waals surface area (Å²) in [6, 6.07) is 21.9. The third kappa shape index (κ3) is 6.49. The van der Waals surface area contributed by atoms with E-state index in [2.05, 4.69) is 5.32 Å². The van der Waals surface area contributed by atoms with Crippen LogP contribution in [-0.4, -0.2) is 40.6 Å². The molecule has 8 heteroatoms. The first-order chi connectivity index (χ1) is 15.8. The summed E-state index contributed by atoms with van der Waals surface area (Å²) < 4.78 is 38.6. The predicted molar refractivity (Wildman–Crippen MR) is 128 cm³/mol. The second-order valence-corrected chi connectivity index (χ2v) is 9.48. The third-order valence-corrected chi connectivity index (χ3v) is 6.70. The van der Waals surface area contributed by atoms with Crippen molar-refractivity contribution in [3.63, 3.8) is 0 Å². The molecule has 0 bridgehead atoms. The number of hydrogen-bond acceptors (Lipinski definition) is 5. The normalized spacial score (nSPS) is 12.0. The van der Waals surface area contributed by atoms with Crippen molar-refractivity contribution in [2.24, 2.45) is 0 Å². The SMILES string of the molecule is COc1ccc(OCC(C)NC(=O)CN(c2ccccc2)S(=O)(=O)c2ccc(C)cc2)cc1. The summed E-state index contributed by atoms with van der Waals surface area (Å²) in [7, 11) is -2.35. The Morgan fingerprint density at radius 1 is 0.939 bits per heavy atom. The van der Waals surface area contributed by atoms with E-state index in [1.165, 1.54) is 0 Å². The lowest BCUT2D eigenvalue weighted by Gasteiger charge is -2.25. The number of nitrogens with zero attached hydrogens (tertiary/aromatic N) is 1. The summed E-state index contributed by atoms with van der Waals surface area (Å²) >= 11 is 0. The summed E-state index contributed by atoms with van der Waals surface area (Å²) in [5.74, 6) is 0.935. The minimum absolute atomic E-state index is 0.126. The zero-order chi connectivity index (χ0) is 23.8. The largest absolute Gasteiger partial charge is 0.497 e. The Morgan fingerprint density at radius 2 is 1.55 bits per heavy atom. The van der Waals surface area contributed by atoms with Crippen molar-refractivity contribution in [1.29, 1.82) is 0 Å². The van der Waals surface area contributed by atoms with Crippen molar-refractivity contribution in [1.82, 2.24) is 5.32 Å². The molecule has 0 aromatic heterocycles.